The number of nitrogens with two attached hydrogens (primary N) is 1. The van der Waals surface area contributed by atoms with Crippen molar-refractivity contribution < 1.29 is 8.42 Å². The Kier molecular flexibility index (Phi) is 3.93. The molecule has 2 rings (SSSR count). The lowest BCUT2D eigenvalue weighted by Gasteiger charge is -2.16. The van der Waals surface area contributed by atoms with Crippen molar-refractivity contribution in [3.8, 4) is 0 Å². The maximum atomic E-state index is 11.5. The summed E-state index contributed by atoms with van der Waals surface area (Å²) in [5.41, 5.74) is 0.659. The molecule has 8 heteroatoms. The van der Waals surface area contributed by atoms with Crippen molar-refractivity contribution in [2.24, 2.45) is 5.14 Å². The highest BCUT2D eigenvalue weighted by molar-refractivity contribution is 7.89. The summed E-state index contributed by atoms with van der Waals surface area (Å²) in [4.78, 5) is 6.09. The quantitative estimate of drug-likeness (QED) is 0.807. The molecule has 102 valence electrons. The van der Waals surface area contributed by atoms with Crippen molar-refractivity contribution >= 4 is 10.0 Å². The number of aromatic amines is 1. The van der Waals surface area contributed by atoms with Gasteiger partial charge in [0.2, 0.25) is 10.0 Å². The Bertz CT molecular complexity index is 639. The number of primary sulfonamides is 1. The van der Waals surface area contributed by atoms with Crippen molar-refractivity contribution in [3.63, 3.8) is 0 Å². The van der Waals surface area contributed by atoms with Gasteiger partial charge < -0.3 is 0 Å². The van der Waals surface area contributed by atoms with E-state index in [4.69, 9.17) is 5.14 Å². The molecule has 3 N–H and O–H groups in total. The SMILES string of the molecule is CN(Cc1ncn[nH]1)Cc1ccccc1S(N)(=O)=O. The molecule has 0 atom stereocenters. The van der Waals surface area contributed by atoms with Gasteiger partial charge >= 0.3 is 0 Å². The second-order valence-electron chi connectivity index (χ2n) is 4.26. The number of nitrogens with one attached hydrogen (secondary N) is 1. The Morgan fingerprint density at radius 3 is 2.68 bits per heavy atom. The van der Waals surface area contributed by atoms with E-state index in [0.717, 1.165) is 5.82 Å². The molecule has 0 saturated carbocycles. The number of sulfonamides is 1. The zero-order valence-corrected chi connectivity index (χ0v) is 11.3. The Morgan fingerprint density at radius 2 is 2.05 bits per heavy atom. The number of rotatable bonds is 5. The minimum atomic E-state index is -3.70. The summed E-state index contributed by atoms with van der Waals surface area (Å²) in [5, 5.41) is 11.7. The van der Waals surface area contributed by atoms with E-state index in [0.29, 0.717) is 18.7 Å². The van der Waals surface area contributed by atoms with E-state index in [-0.39, 0.29) is 4.90 Å². The van der Waals surface area contributed by atoms with Crippen LogP contribution in [0.1, 0.15) is 11.4 Å². The highest BCUT2D eigenvalue weighted by Gasteiger charge is 2.14. The lowest BCUT2D eigenvalue weighted by Crippen LogP contribution is -2.21. The number of H-pyrrole nitrogens is 1. The Labute approximate surface area is 111 Å². The van der Waals surface area contributed by atoms with E-state index in [9.17, 15) is 8.42 Å². The van der Waals surface area contributed by atoms with Crippen LogP contribution >= 0.6 is 0 Å². The first-order chi connectivity index (χ1) is 8.97. The fourth-order valence-corrected chi connectivity index (χ4v) is 2.59. The molecule has 1 aromatic heterocycles. The summed E-state index contributed by atoms with van der Waals surface area (Å²) >= 11 is 0. The molecule has 0 aliphatic heterocycles. The van der Waals surface area contributed by atoms with Gasteiger partial charge in [-0.25, -0.2) is 18.5 Å². The van der Waals surface area contributed by atoms with Gasteiger partial charge in [-0.3, -0.25) is 10.00 Å². The first-order valence-corrected chi connectivity index (χ1v) is 7.15. The van der Waals surface area contributed by atoms with Crippen LogP contribution in [0.3, 0.4) is 0 Å². The van der Waals surface area contributed by atoms with Crippen LogP contribution in [0.15, 0.2) is 35.5 Å². The third-order valence-corrected chi connectivity index (χ3v) is 3.62. The normalized spacial score (nSPS) is 11.9. The molecule has 1 heterocycles. The van der Waals surface area contributed by atoms with E-state index in [2.05, 4.69) is 15.2 Å². The standard InChI is InChI=1S/C11H15N5O2S/c1-16(7-11-13-8-14-15-11)6-9-4-2-3-5-10(9)19(12,17)18/h2-5,8H,6-7H2,1H3,(H2,12,17,18)(H,13,14,15). The molecular formula is C11H15N5O2S. The second-order valence-corrected chi connectivity index (χ2v) is 5.79. The zero-order valence-electron chi connectivity index (χ0n) is 10.4. The molecule has 0 radical (unpaired) electrons. The van der Waals surface area contributed by atoms with E-state index < -0.39 is 10.0 Å². The molecule has 7 nitrogen and oxygen atoms in total. The molecule has 19 heavy (non-hydrogen) atoms. The minimum absolute atomic E-state index is 0.152. The smallest absolute Gasteiger partial charge is 0.238 e. The van der Waals surface area contributed by atoms with E-state index in [1.54, 1.807) is 18.2 Å². The molecule has 0 spiro atoms. The molecule has 0 aliphatic carbocycles. The number of hydrogen-bond donors (Lipinski definition) is 2. The van der Waals surface area contributed by atoms with Crippen molar-refractivity contribution in [1.82, 2.24) is 20.1 Å². The summed E-state index contributed by atoms with van der Waals surface area (Å²) < 4.78 is 23.0. The fraction of sp³-hybridized carbons (Fsp3) is 0.273. The summed E-state index contributed by atoms with van der Waals surface area (Å²) in [5.74, 6) is 0.718. The van der Waals surface area contributed by atoms with Gasteiger partial charge in [-0.05, 0) is 18.7 Å². The van der Waals surface area contributed by atoms with Gasteiger partial charge in [-0.2, -0.15) is 5.10 Å². The van der Waals surface area contributed by atoms with Crippen molar-refractivity contribution in [1.29, 1.82) is 0 Å². The molecule has 0 unspecified atom stereocenters. The molecule has 0 amide bonds. The molecule has 2 aromatic rings. The van der Waals surface area contributed by atoms with Crippen LogP contribution in [0.4, 0.5) is 0 Å². The van der Waals surface area contributed by atoms with Gasteiger partial charge in [-0.15, -0.1) is 0 Å². The fourth-order valence-electron chi connectivity index (χ4n) is 1.82. The Morgan fingerprint density at radius 1 is 1.32 bits per heavy atom. The lowest BCUT2D eigenvalue weighted by molar-refractivity contribution is 0.308. The molecule has 0 aliphatic rings. The van der Waals surface area contributed by atoms with Crippen LogP contribution in [0.2, 0.25) is 0 Å². The highest BCUT2D eigenvalue weighted by atomic mass is 32.2. The predicted molar refractivity (Wildman–Crippen MR) is 69.4 cm³/mol. The third-order valence-electron chi connectivity index (χ3n) is 2.60. The molecular weight excluding hydrogens is 266 g/mol. The third kappa shape index (κ3) is 3.60. The van der Waals surface area contributed by atoms with Crippen LogP contribution in [0, 0.1) is 0 Å². The Balaban J connectivity index is 2.15. The number of hydrogen-bond acceptors (Lipinski definition) is 5. The van der Waals surface area contributed by atoms with Gasteiger partial charge in [0.1, 0.15) is 12.2 Å². The molecule has 0 bridgehead atoms. The average molecular weight is 281 g/mol. The van der Waals surface area contributed by atoms with Gasteiger partial charge in [-0.1, -0.05) is 18.2 Å². The minimum Gasteiger partial charge on any atom is -0.295 e. The maximum Gasteiger partial charge on any atom is 0.238 e. The van der Waals surface area contributed by atoms with Crippen LogP contribution in [0.5, 0.6) is 0 Å². The van der Waals surface area contributed by atoms with Crippen LogP contribution < -0.4 is 5.14 Å². The van der Waals surface area contributed by atoms with E-state index >= 15 is 0 Å². The average Bonchev–Trinajstić information content (AvgIpc) is 2.81. The maximum absolute atomic E-state index is 11.5. The zero-order chi connectivity index (χ0) is 13.9. The Hall–Kier alpha value is -1.77. The number of nitrogens with zero attached hydrogens (tertiary/aromatic N) is 3. The van der Waals surface area contributed by atoms with Crippen molar-refractivity contribution in [2.75, 3.05) is 7.05 Å². The number of aromatic nitrogens is 3. The monoisotopic (exact) mass is 281 g/mol. The largest absolute Gasteiger partial charge is 0.295 e. The first kappa shape index (κ1) is 13.7. The summed E-state index contributed by atoms with van der Waals surface area (Å²) in [6.07, 6.45) is 1.43. The summed E-state index contributed by atoms with van der Waals surface area (Å²) in [6, 6.07) is 6.69. The van der Waals surface area contributed by atoms with Crippen LogP contribution in [0.25, 0.3) is 0 Å². The second kappa shape index (κ2) is 5.47. The summed E-state index contributed by atoms with van der Waals surface area (Å²) in [6.45, 7) is 0.992. The van der Waals surface area contributed by atoms with Crippen molar-refractivity contribution in [3.05, 3.63) is 42.0 Å². The highest BCUT2D eigenvalue weighted by Crippen LogP contribution is 2.15. The lowest BCUT2D eigenvalue weighted by atomic mass is 10.2. The first-order valence-electron chi connectivity index (χ1n) is 5.60. The predicted octanol–water partition coefficient (Wildman–Crippen LogP) is 0.0841. The molecule has 0 fully saturated rings. The molecule has 1 aromatic carbocycles. The van der Waals surface area contributed by atoms with Crippen molar-refractivity contribution in [2.45, 2.75) is 18.0 Å². The van der Waals surface area contributed by atoms with Gasteiger partial charge in [0, 0.05) is 6.54 Å². The van der Waals surface area contributed by atoms with E-state index in [1.165, 1.54) is 12.4 Å². The van der Waals surface area contributed by atoms with Crippen LogP contribution in [-0.4, -0.2) is 35.5 Å². The summed E-state index contributed by atoms with van der Waals surface area (Å²) in [7, 11) is -1.84. The molecule has 0 saturated heterocycles. The van der Waals surface area contributed by atoms with Crippen LogP contribution in [-0.2, 0) is 23.1 Å². The van der Waals surface area contributed by atoms with Gasteiger partial charge in [0.25, 0.3) is 0 Å². The van der Waals surface area contributed by atoms with Gasteiger partial charge in [0.15, 0.2) is 0 Å². The van der Waals surface area contributed by atoms with E-state index in [1.807, 2.05) is 11.9 Å². The topological polar surface area (TPSA) is 105 Å². The van der Waals surface area contributed by atoms with Gasteiger partial charge in [0.05, 0.1) is 11.4 Å². The number of benzene rings is 1.